The van der Waals surface area contributed by atoms with E-state index in [4.69, 9.17) is 9.47 Å². The van der Waals surface area contributed by atoms with Gasteiger partial charge in [-0.05, 0) is 24.1 Å². The molecule has 0 spiro atoms. The third-order valence-electron chi connectivity index (χ3n) is 3.64. The zero-order valence-corrected chi connectivity index (χ0v) is 13.0. The third-order valence-corrected chi connectivity index (χ3v) is 5.50. The van der Waals surface area contributed by atoms with Crippen molar-refractivity contribution in [1.82, 2.24) is 4.31 Å². The normalized spacial score (nSPS) is 23.6. The van der Waals surface area contributed by atoms with Crippen LogP contribution < -0.4 is 0 Å². The predicted molar refractivity (Wildman–Crippen MR) is 76.8 cm³/mol. The maximum atomic E-state index is 12.9. The van der Waals surface area contributed by atoms with Crippen molar-refractivity contribution in [3.8, 4) is 0 Å². The van der Waals surface area contributed by atoms with Gasteiger partial charge in [-0.15, -0.1) is 0 Å². The lowest BCUT2D eigenvalue weighted by Gasteiger charge is -2.23. The molecule has 0 aromatic heterocycles. The topological polar surface area (TPSA) is 55.8 Å². The Morgan fingerprint density at radius 2 is 1.95 bits per heavy atom. The van der Waals surface area contributed by atoms with Gasteiger partial charge in [-0.2, -0.15) is 4.31 Å². The lowest BCUT2D eigenvalue weighted by molar-refractivity contribution is 0.110. The summed E-state index contributed by atoms with van der Waals surface area (Å²) >= 11 is 0. The molecule has 118 valence electrons. The van der Waals surface area contributed by atoms with Gasteiger partial charge < -0.3 is 9.47 Å². The fourth-order valence-electron chi connectivity index (χ4n) is 2.57. The van der Waals surface area contributed by atoms with Crippen molar-refractivity contribution >= 4 is 10.0 Å². The van der Waals surface area contributed by atoms with E-state index in [1.54, 1.807) is 14.2 Å². The molecule has 0 N–H and O–H groups in total. The molecule has 2 rings (SSSR count). The van der Waals surface area contributed by atoms with Crippen molar-refractivity contribution in [3.05, 3.63) is 35.6 Å². The molecule has 7 heteroatoms. The molecule has 2 atom stereocenters. The Kier molecular flexibility index (Phi) is 5.32. The molecule has 1 aromatic carbocycles. The molecule has 1 aliphatic rings. The zero-order valence-electron chi connectivity index (χ0n) is 12.2. The molecule has 1 aliphatic heterocycles. The second kappa shape index (κ2) is 6.83. The number of methoxy groups -OCH3 is 2. The van der Waals surface area contributed by atoms with E-state index >= 15 is 0 Å². The Hall–Kier alpha value is -1.02. The largest absolute Gasteiger partial charge is 0.383 e. The first-order valence-electron chi connectivity index (χ1n) is 6.72. The molecule has 0 amide bonds. The molecular weight excluding hydrogens is 297 g/mol. The molecule has 0 saturated carbocycles. The van der Waals surface area contributed by atoms with Crippen molar-refractivity contribution in [3.63, 3.8) is 0 Å². The van der Waals surface area contributed by atoms with E-state index in [1.807, 2.05) is 0 Å². The molecular formula is C14H20FNO4S. The number of hydrogen-bond acceptors (Lipinski definition) is 4. The van der Waals surface area contributed by atoms with Crippen molar-refractivity contribution < 1.29 is 22.3 Å². The van der Waals surface area contributed by atoms with Crippen LogP contribution in [0.25, 0.3) is 0 Å². The Balaban J connectivity index is 2.15. The monoisotopic (exact) mass is 317 g/mol. The first-order valence-corrected chi connectivity index (χ1v) is 8.33. The highest BCUT2D eigenvalue weighted by molar-refractivity contribution is 7.88. The summed E-state index contributed by atoms with van der Waals surface area (Å²) in [5, 5.41) is 0. The average Bonchev–Trinajstić information content (AvgIpc) is 2.86. The maximum absolute atomic E-state index is 12.9. The van der Waals surface area contributed by atoms with Crippen LogP contribution in [-0.4, -0.2) is 52.2 Å². The molecule has 0 bridgehead atoms. The highest BCUT2D eigenvalue weighted by atomic mass is 32.2. The van der Waals surface area contributed by atoms with Gasteiger partial charge in [0.05, 0.1) is 24.5 Å². The van der Waals surface area contributed by atoms with Crippen LogP contribution in [0.15, 0.2) is 24.3 Å². The summed E-state index contributed by atoms with van der Waals surface area (Å²) in [5.74, 6) is -0.529. The van der Waals surface area contributed by atoms with E-state index in [1.165, 1.54) is 28.6 Å². The standard InChI is InChI=1S/C14H20FNO4S/c1-19-9-13-7-14(20-2)8-16(13)21(17,18)10-11-3-5-12(15)6-4-11/h3-6,13-14H,7-10H2,1-2H3/t13-,14-/m0/s1. The molecule has 21 heavy (non-hydrogen) atoms. The Morgan fingerprint density at radius 1 is 1.29 bits per heavy atom. The number of rotatable bonds is 6. The highest BCUT2D eigenvalue weighted by Crippen LogP contribution is 2.25. The summed E-state index contributed by atoms with van der Waals surface area (Å²) in [6, 6.07) is 5.29. The van der Waals surface area contributed by atoms with Crippen molar-refractivity contribution in [1.29, 1.82) is 0 Å². The van der Waals surface area contributed by atoms with Crippen molar-refractivity contribution in [2.75, 3.05) is 27.4 Å². The quantitative estimate of drug-likeness (QED) is 0.796. The Bertz CT molecular complexity index is 561. The predicted octanol–water partition coefficient (Wildman–Crippen LogP) is 1.39. The minimum Gasteiger partial charge on any atom is -0.383 e. The van der Waals surface area contributed by atoms with Crippen LogP contribution in [0.5, 0.6) is 0 Å². The van der Waals surface area contributed by atoms with Gasteiger partial charge in [0.1, 0.15) is 5.82 Å². The van der Waals surface area contributed by atoms with E-state index in [0.717, 1.165) is 0 Å². The molecule has 5 nitrogen and oxygen atoms in total. The smallest absolute Gasteiger partial charge is 0.218 e. The van der Waals surface area contributed by atoms with Gasteiger partial charge in [0.25, 0.3) is 0 Å². The van der Waals surface area contributed by atoms with E-state index < -0.39 is 10.0 Å². The van der Waals surface area contributed by atoms with E-state index in [0.29, 0.717) is 25.1 Å². The van der Waals surface area contributed by atoms with E-state index in [-0.39, 0.29) is 23.7 Å². The first-order chi connectivity index (χ1) is 9.96. The number of sulfonamides is 1. The van der Waals surface area contributed by atoms with Crippen LogP contribution in [0.2, 0.25) is 0 Å². The summed E-state index contributed by atoms with van der Waals surface area (Å²) in [5.41, 5.74) is 0.563. The lowest BCUT2D eigenvalue weighted by Crippen LogP contribution is -2.39. The van der Waals surface area contributed by atoms with Crippen molar-refractivity contribution in [2.24, 2.45) is 0 Å². The zero-order chi connectivity index (χ0) is 15.5. The second-order valence-electron chi connectivity index (χ2n) is 5.15. The fraction of sp³-hybridized carbons (Fsp3) is 0.571. The van der Waals surface area contributed by atoms with Gasteiger partial charge in [-0.25, -0.2) is 12.8 Å². The van der Waals surface area contributed by atoms with Gasteiger partial charge in [-0.1, -0.05) is 12.1 Å². The number of nitrogens with zero attached hydrogens (tertiary/aromatic N) is 1. The Labute approximate surface area is 124 Å². The molecule has 0 radical (unpaired) electrons. The number of halogens is 1. The van der Waals surface area contributed by atoms with Crippen molar-refractivity contribution in [2.45, 2.75) is 24.3 Å². The van der Waals surface area contributed by atoms with Crippen LogP contribution in [0.4, 0.5) is 4.39 Å². The van der Waals surface area contributed by atoms with Gasteiger partial charge in [0.2, 0.25) is 10.0 Å². The maximum Gasteiger partial charge on any atom is 0.218 e. The highest BCUT2D eigenvalue weighted by Gasteiger charge is 2.39. The summed E-state index contributed by atoms with van der Waals surface area (Å²) in [6.45, 7) is 0.663. The average molecular weight is 317 g/mol. The molecule has 1 saturated heterocycles. The van der Waals surface area contributed by atoms with Gasteiger partial charge in [-0.3, -0.25) is 0 Å². The van der Waals surface area contributed by atoms with Crippen LogP contribution in [0, 0.1) is 5.82 Å². The lowest BCUT2D eigenvalue weighted by atomic mass is 10.2. The third kappa shape index (κ3) is 4.00. The van der Waals surface area contributed by atoms with Crippen LogP contribution in [0.1, 0.15) is 12.0 Å². The number of hydrogen-bond donors (Lipinski definition) is 0. The van der Waals surface area contributed by atoms with Crippen LogP contribution in [0.3, 0.4) is 0 Å². The minimum absolute atomic E-state index is 0.117. The summed E-state index contributed by atoms with van der Waals surface area (Å²) < 4.78 is 49.8. The molecule has 1 heterocycles. The van der Waals surface area contributed by atoms with Crippen LogP contribution >= 0.6 is 0 Å². The second-order valence-corrected chi connectivity index (χ2v) is 7.08. The van der Waals surface area contributed by atoms with Gasteiger partial charge in [0, 0.05) is 20.8 Å². The summed E-state index contributed by atoms with van der Waals surface area (Å²) in [4.78, 5) is 0. The van der Waals surface area contributed by atoms with E-state index in [2.05, 4.69) is 0 Å². The molecule has 0 aliphatic carbocycles. The number of ether oxygens (including phenoxy) is 2. The SMILES string of the molecule is COC[C@@H]1C[C@H](OC)CN1S(=O)(=O)Cc1ccc(F)cc1. The van der Waals surface area contributed by atoms with E-state index in [9.17, 15) is 12.8 Å². The summed E-state index contributed by atoms with van der Waals surface area (Å²) in [6.07, 6.45) is 0.501. The van der Waals surface area contributed by atoms with Gasteiger partial charge in [0.15, 0.2) is 0 Å². The van der Waals surface area contributed by atoms with Crippen LogP contribution in [-0.2, 0) is 25.2 Å². The Morgan fingerprint density at radius 3 is 2.52 bits per heavy atom. The first kappa shape index (κ1) is 16.4. The molecule has 1 fully saturated rings. The fourth-order valence-corrected chi connectivity index (χ4v) is 4.35. The summed E-state index contributed by atoms with van der Waals surface area (Å²) in [7, 11) is -0.369. The molecule has 0 unspecified atom stereocenters. The number of benzene rings is 1. The molecule has 1 aromatic rings. The van der Waals surface area contributed by atoms with Gasteiger partial charge >= 0.3 is 0 Å². The minimum atomic E-state index is -3.49.